The molecule has 1 aliphatic rings. The number of carbonyl (C=O) groups excluding carboxylic acids is 1. The highest BCUT2D eigenvalue weighted by atomic mass is 16.5. The van der Waals surface area contributed by atoms with Crippen LogP contribution in [0.1, 0.15) is 20.3 Å². The normalized spacial score (nSPS) is 36.0. The second-order valence-corrected chi connectivity index (χ2v) is 2.72. The van der Waals surface area contributed by atoms with E-state index in [4.69, 9.17) is 4.74 Å². The van der Waals surface area contributed by atoms with Crippen molar-refractivity contribution in [2.75, 3.05) is 6.61 Å². The lowest BCUT2D eigenvalue weighted by atomic mass is 9.91. The average Bonchev–Trinajstić information content (AvgIpc) is 1.83. The molecular formula is C7H12O2. The molecule has 0 aromatic rings. The van der Waals surface area contributed by atoms with Gasteiger partial charge in [-0.25, -0.2) is 0 Å². The first-order chi connectivity index (χ1) is 4.22. The first-order valence-electron chi connectivity index (χ1n) is 3.38. The second kappa shape index (κ2) is 2.38. The molecule has 52 valence electrons. The third kappa shape index (κ3) is 1.23. The van der Waals surface area contributed by atoms with Crippen molar-refractivity contribution < 1.29 is 9.53 Å². The van der Waals surface area contributed by atoms with Crippen LogP contribution in [0.25, 0.3) is 0 Å². The van der Waals surface area contributed by atoms with Gasteiger partial charge < -0.3 is 4.74 Å². The minimum Gasteiger partial charge on any atom is -0.465 e. The van der Waals surface area contributed by atoms with E-state index in [1.165, 1.54) is 0 Å². The molecule has 0 amide bonds. The van der Waals surface area contributed by atoms with Gasteiger partial charge in [-0.3, -0.25) is 4.79 Å². The number of cyclic esters (lactones) is 1. The van der Waals surface area contributed by atoms with E-state index < -0.39 is 0 Å². The van der Waals surface area contributed by atoms with Crippen molar-refractivity contribution in [1.82, 2.24) is 0 Å². The highest BCUT2D eigenvalue weighted by molar-refractivity contribution is 5.72. The van der Waals surface area contributed by atoms with E-state index in [-0.39, 0.29) is 11.9 Å². The van der Waals surface area contributed by atoms with Crippen LogP contribution >= 0.6 is 0 Å². The van der Waals surface area contributed by atoms with Gasteiger partial charge in [-0.15, -0.1) is 0 Å². The van der Waals surface area contributed by atoms with Gasteiger partial charge in [-0.1, -0.05) is 13.8 Å². The van der Waals surface area contributed by atoms with Crippen LogP contribution in [0.15, 0.2) is 0 Å². The largest absolute Gasteiger partial charge is 0.465 e. The zero-order chi connectivity index (χ0) is 6.85. The SMILES string of the molecule is C[C@@H]1CCOC(=O)[C@H]1C. The molecular weight excluding hydrogens is 116 g/mol. The van der Waals surface area contributed by atoms with Gasteiger partial charge in [0.1, 0.15) is 0 Å². The van der Waals surface area contributed by atoms with Crippen molar-refractivity contribution in [3.63, 3.8) is 0 Å². The number of ether oxygens (including phenoxy) is 1. The zero-order valence-corrected chi connectivity index (χ0v) is 5.89. The molecule has 2 nitrogen and oxygen atoms in total. The van der Waals surface area contributed by atoms with Crippen molar-refractivity contribution >= 4 is 5.97 Å². The Balaban J connectivity index is 2.51. The Morgan fingerprint density at radius 3 is 2.67 bits per heavy atom. The van der Waals surface area contributed by atoms with E-state index in [2.05, 4.69) is 6.92 Å². The predicted octanol–water partition coefficient (Wildman–Crippen LogP) is 1.21. The van der Waals surface area contributed by atoms with Gasteiger partial charge in [-0.05, 0) is 12.3 Å². The standard InChI is InChI=1S/C7H12O2/c1-5-3-4-9-7(8)6(5)2/h5-6H,3-4H2,1-2H3/t5-,6+/m1/s1. The molecule has 0 aromatic heterocycles. The first-order valence-corrected chi connectivity index (χ1v) is 3.38. The van der Waals surface area contributed by atoms with Gasteiger partial charge in [-0.2, -0.15) is 0 Å². The molecule has 0 aliphatic carbocycles. The smallest absolute Gasteiger partial charge is 0.308 e. The molecule has 0 aromatic carbocycles. The maximum absolute atomic E-state index is 10.8. The van der Waals surface area contributed by atoms with Gasteiger partial charge in [0, 0.05) is 0 Å². The van der Waals surface area contributed by atoms with Gasteiger partial charge >= 0.3 is 5.97 Å². The van der Waals surface area contributed by atoms with Gasteiger partial charge in [0.15, 0.2) is 0 Å². The van der Waals surface area contributed by atoms with Crippen LogP contribution < -0.4 is 0 Å². The van der Waals surface area contributed by atoms with Gasteiger partial charge in [0.25, 0.3) is 0 Å². The molecule has 0 bridgehead atoms. The molecule has 0 unspecified atom stereocenters. The van der Waals surface area contributed by atoms with Crippen LogP contribution in [0.5, 0.6) is 0 Å². The fourth-order valence-corrected chi connectivity index (χ4v) is 0.959. The lowest BCUT2D eigenvalue weighted by Crippen LogP contribution is -2.28. The Hall–Kier alpha value is -0.530. The zero-order valence-electron chi connectivity index (χ0n) is 5.89. The topological polar surface area (TPSA) is 26.3 Å². The monoisotopic (exact) mass is 128 g/mol. The van der Waals surface area contributed by atoms with Gasteiger partial charge in [0.05, 0.1) is 12.5 Å². The number of hydrogen-bond acceptors (Lipinski definition) is 2. The summed E-state index contributed by atoms with van der Waals surface area (Å²) < 4.78 is 4.82. The molecule has 1 rings (SSSR count). The number of esters is 1. The molecule has 1 fully saturated rings. The lowest BCUT2D eigenvalue weighted by molar-refractivity contribution is -0.155. The van der Waals surface area contributed by atoms with Crippen LogP contribution in [0.2, 0.25) is 0 Å². The first kappa shape index (κ1) is 6.59. The van der Waals surface area contributed by atoms with E-state index in [0.717, 1.165) is 6.42 Å². The molecule has 0 N–H and O–H groups in total. The molecule has 2 heteroatoms. The average molecular weight is 128 g/mol. The summed E-state index contributed by atoms with van der Waals surface area (Å²) in [6.45, 7) is 4.63. The Labute approximate surface area is 55.2 Å². The number of carbonyl (C=O) groups is 1. The van der Waals surface area contributed by atoms with Crippen molar-refractivity contribution in [2.45, 2.75) is 20.3 Å². The summed E-state index contributed by atoms with van der Waals surface area (Å²) in [7, 11) is 0. The third-order valence-corrected chi connectivity index (χ3v) is 2.04. The van der Waals surface area contributed by atoms with Crippen molar-refractivity contribution in [1.29, 1.82) is 0 Å². The summed E-state index contributed by atoms with van der Waals surface area (Å²) in [5.74, 6) is 0.582. The van der Waals surface area contributed by atoms with Crippen molar-refractivity contribution in [2.24, 2.45) is 11.8 Å². The third-order valence-electron chi connectivity index (χ3n) is 2.04. The Kier molecular flexibility index (Phi) is 1.74. The molecule has 1 heterocycles. The quantitative estimate of drug-likeness (QED) is 0.458. The second-order valence-electron chi connectivity index (χ2n) is 2.72. The predicted molar refractivity (Wildman–Crippen MR) is 33.9 cm³/mol. The summed E-state index contributed by atoms with van der Waals surface area (Å²) in [5, 5.41) is 0. The van der Waals surface area contributed by atoms with Crippen molar-refractivity contribution in [3.05, 3.63) is 0 Å². The summed E-state index contributed by atoms with van der Waals surface area (Å²) in [4.78, 5) is 10.8. The highest BCUT2D eigenvalue weighted by Crippen LogP contribution is 2.20. The van der Waals surface area contributed by atoms with E-state index in [1.54, 1.807) is 0 Å². The van der Waals surface area contributed by atoms with E-state index in [9.17, 15) is 4.79 Å². The maximum Gasteiger partial charge on any atom is 0.308 e. The molecule has 0 radical (unpaired) electrons. The Morgan fingerprint density at radius 1 is 1.56 bits per heavy atom. The van der Waals surface area contributed by atoms with E-state index >= 15 is 0 Å². The van der Waals surface area contributed by atoms with Crippen molar-refractivity contribution in [3.8, 4) is 0 Å². The molecule has 1 aliphatic heterocycles. The van der Waals surface area contributed by atoms with Crippen LogP contribution in [0, 0.1) is 11.8 Å². The van der Waals surface area contributed by atoms with Gasteiger partial charge in [0.2, 0.25) is 0 Å². The molecule has 1 saturated heterocycles. The fraction of sp³-hybridized carbons (Fsp3) is 0.857. The molecule has 2 atom stereocenters. The maximum atomic E-state index is 10.8. The van der Waals surface area contributed by atoms with Crippen LogP contribution in [-0.4, -0.2) is 12.6 Å². The summed E-state index contributed by atoms with van der Waals surface area (Å²) in [6, 6.07) is 0. The summed E-state index contributed by atoms with van der Waals surface area (Å²) in [5.41, 5.74) is 0. The Morgan fingerprint density at radius 2 is 2.22 bits per heavy atom. The summed E-state index contributed by atoms with van der Waals surface area (Å²) >= 11 is 0. The minimum atomic E-state index is -0.0336. The minimum absolute atomic E-state index is 0.0336. The lowest BCUT2D eigenvalue weighted by Gasteiger charge is -2.23. The van der Waals surface area contributed by atoms with E-state index in [0.29, 0.717) is 12.5 Å². The summed E-state index contributed by atoms with van der Waals surface area (Å²) in [6.07, 6.45) is 1.02. The molecule has 9 heavy (non-hydrogen) atoms. The van der Waals surface area contributed by atoms with Crippen LogP contribution in [-0.2, 0) is 9.53 Å². The van der Waals surface area contributed by atoms with Crippen LogP contribution in [0.3, 0.4) is 0 Å². The fourth-order valence-electron chi connectivity index (χ4n) is 0.959. The molecule has 0 spiro atoms. The van der Waals surface area contributed by atoms with Crippen LogP contribution in [0.4, 0.5) is 0 Å². The number of hydrogen-bond donors (Lipinski definition) is 0. The van der Waals surface area contributed by atoms with E-state index in [1.807, 2.05) is 6.92 Å². The highest BCUT2D eigenvalue weighted by Gasteiger charge is 2.25. The molecule has 0 saturated carbocycles. The number of rotatable bonds is 0. The Bertz CT molecular complexity index is 120.